The molecule has 212 valence electrons. The van der Waals surface area contributed by atoms with E-state index in [1.54, 1.807) is 45.2 Å². The summed E-state index contributed by atoms with van der Waals surface area (Å²) in [6, 6.07) is 12.4. The van der Waals surface area contributed by atoms with Crippen molar-refractivity contribution in [1.82, 2.24) is 0 Å². The van der Waals surface area contributed by atoms with Crippen LogP contribution in [0.4, 0.5) is 37.7 Å². The number of ether oxygens (including phenoxy) is 1. The lowest BCUT2D eigenvalue weighted by Gasteiger charge is -2.17. The summed E-state index contributed by atoms with van der Waals surface area (Å²) in [5, 5.41) is 22.9. The van der Waals surface area contributed by atoms with Crippen LogP contribution in [0.3, 0.4) is 0 Å². The molecular formula is C26H12F6I2N2O5. The van der Waals surface area contributed by atoms with Crippen LogP contribution < -0.4 is 4.74 Å². The van der Waals surface area contributed by atoms with Gasteiger partial charge in [-0.15, -0.1) is 0 Å². The lowest BCUT2D eigenvalue weighted by Crippen LogP contribution is -2.05. The van der Waals surface area contributed by atoms with Crippen molar-refractivity contribution in [2.75, 3.05) is 0 Å². The van der Waals surface area contributed by atoms with Gasteiger partial charge in [0.25, 0.3) is 11.4 Å². The minimum Gasteiger partial charge on any atom is -0.456 e. The fourth-order valence-corrected chi connectivity index (χ4v) is 5.41. The maximum absolute atomic E-state index is 13.2. The molecule has 0 heterocycles. The van der Waals surface area contributed by atoms with Gasteiger partial charge in [-0.1, -0.05) is 12.1 Å². The third kappa shape index (κ3) is 6.71. The first-order valence-corrected chi connectivity index (χ1v) is 13.2. The van der Waals surface area contributed by atoms with Gasteiger partial charge in [-0.3, -0.25) is 20.2 Å². The molecule has 0 bridgehead atoms. The van der Waals surface area contributed by atoms with E-state index < -0.39 is 33.3 Å². The molecule has 0 aliphatic rings. The van der Waals surface area contributed by atoms with Crippen molar-refractivity contribution < 1.29 is 40.9 Å². The summed E-state index contributed by atoms with van der Waals surface area (Å²) in [7, 11) is 0. The summed E-state index contributed by atoms with van der Waals surface area (Å²) in [6.07, 6.45) is -9.26. The van der Waals surface area contributed by atoms with E-state index in [4.69, 9.17) is 4.74 Å². The second-order valence-electron chi connectivity index (χ2n) is 8.36. The Hall–Kier alpha value is -3.48. The van der Waals surface area contributed by atoms with Crippen molar-refractivity contribution in [2.24, 2.45) is 0 Å². The minimum atomic E-state index is -4.63. The van der Waals surface area contributed by atoms with Crippen LogP contribution in [0, 0.1) is 27.4 Å². The molecule has 0 amide bonds. The highest BCUT2D eigenvalue weighted by Gasteiger charge is 2.32. The van der Waals surface area contributed by atoms with E-state index in [0.717, 1.165) is 60.7 Å². The molecule has 0 atom stereocenters. The molecular weight excluding hydrogens is 788 g/mol. The van der Waals surface area contributed by atoms with Gasteiger partial charge in [-0.2, -0.15) is 26.3 Å². The lowest BCUT2D eigenvalue weighted by molar-refractivity contribution is -0.385. The molecule has 0 saturated carbocycles. The number of nitrogens with zero attached hydrogens (tertiary/aromatic N) is 2. The standard InChI is InChI=1S/C26H12F6I2N2O5/c27-25(28,29)13-1-5-17(21(33)9-13)19-11-15(35(37)38)3-7-23(19)41-24-8-4-16(36(39)40)12-20(24)18-6-2-14(10-22(18)34)26(30,31)32/h1-12H. The van der Waals surface area contributed by atoms with Crippen LogP contribution in [0.15, 0.2) is 72.8 Å². The van der Waals surface area contributed by atoms with Crippen molar-refractivity contribution in [3.8, 4) is 33.8 Å². The van der Waals surface area contributed by atoms with Gasteiger partial charge in [0.1, 0.15) is 11.5 Å². The van der Waals surface area contributed by atoms with Gasteiger partial charge in [-0.25, -0.2) is 0 Å². The Labute approximate surface area is 253 Å². The van der Waals surface area contributed by atoms with Crippen molar-refractivity contribution in [2.45, 2.75) is 12.4 Å². The number of alkyl halides is 6. The Balaban J connectivity index is 1.89. The Kier molecular flexibility index (Phi) is 8.49. The normalized spacial score (nSPS) is 11.8. The maximum atomic E-state index is 13.2. The first-order valence-electron chi connectivity index (χ1n) is 11.0. The number of nitro benzene ring substituents is 2. The Morgan fingerprint density at radius 2 is 0.927 bits per heavy atom. The Bertz CT molecular complexity index is 1570. The molecule has 0 saturated heterocycles. The topological polar surface area (TPSA) is 95.5 Å². The predicted molar refractivity (Wildman–Crippen MR) is 153 cm³/mol. The SMILES string of the molecule is O=[N+]([O-])c1ccc(Oc2ccc([N+](=O)[O-])cc2-c2ccc(C(F)(F)F)cc2I)c(-c2ccc(C(F)(F)F)cc2I)c1. The van der Waals surface area contributed by atoms with Crippen LogP contribution in [0.5, 0.6) is 11.5 Å². The molecule has 0 spiro atoms. The summed E-state index contributed by atoms with van der Waals surface area (Å²) in [5.41, 5.74) is -2.21. The van der Waals surface area contributed by atoms with E-state index in [1.165, 1.54) is 12.1 Å². The predicted octanol–water partition coefficient (Wildman–Crippen LogP) is 9.88. The molecule has 4 aromatic carbocycles. The van der Waals surface area contributed by atoms with Crippen LogP contribution >= 0.6 is 45.2 Å². The van der Waals surface area contributed by atoms with Gasteiger partial charge in [0.05, 0.1) is 21.0 Å². The Morgan fingerprint density at radius 1 is 0.561 bits per heavy atom. The molecule has 4 aromatic rings. The van der Waals surface area contributed by atoms with Crippen LogP contribution in [-0.2, 0) is 12.4 Å². The van der Waals surface area contributed by atoms with Crippen molar-refractivity contribution in [1.29, 1.82) is 0 Å². The lowest BCUT2D eigenvalue weighted by atomic mass is 10.0. The van der Waals surface area contributed by atoms with Crippen LogP contribution in [0.1, 0.15) is 11.1 Å². The highest BCUT2D eigenvalue weighted by atomic mass is 127. The third-order valence-corrected chi connectivity index (χ3v) is 7.53. The zero-order chi connectivity index (χ0) is 30.3. The molecule has 41 heavy (non-hydrogen) atoms. The zero-order valence-corrected chi connectivity index (χ0v) is 24.2. The van der Waals surface area contributed by atoms with Crippen LogP contribution in [0.2, 0.25) is 0 Å². The molecule has 15 heteroatoms. The highest BCUT2D eigenvalue weighted by Crippen LogP contribution is 2.44. The van der Waals surface area contributed by atoms with E-state index in [0.29, 0.717) is 0 Å². The Morgan fingerprint density at radius 3 is 1.22 bits per heavy atom. The van der Waals surface area contributed by atoms with Gasteiger partial charge in [-0.05, 0) is 92.7 Å². The van der Waals surface area contributed by atoms with Gasteiger partial charge < -0.3 is 4.74 Å². The molecule has 0 aliphatic carbocycles. The minimum absolute atomic E-state index is 0.0451. The summed E-state index contributed by atoms with van der Waals surface area (Å²) in [4.78, 5) is 21.5. The average molecular weight is 800 g/mol. The number of benzene rings is 4. The molecule has 0 aromatic heterocycles. The van der Waals surface area contributed by atoms with Crippen LogP contribution in [0.25, 0.3) is 22.3 Å². The quantitative estimate of drug-likeness (QED) is 0.0838. The molecule has 0 fully saturated rings. The van der Waals surface area contributed by atoms with Crippen LogP contribution in [-0.4, -0.2) is 9.85 Å². The van der Waals surface area contributed by atoms with Gasteiger partial charge in [0, 0.05) is 42.5 Å². The third-order valence-electron chi connectivity index (χ3n) is 5.74. The molecule has 0 radical (unpaired) electrons. The highest BCUT2D eigenvalue weighted by molar-refractivity contribution is 14.1. The van der Waals surface area contributed by atoms with Gasteiger partial charge in [0.2, 0.25) is 0 Å². The number of hydrogen-bond donors (Lipinski definition) is 0. The van der Waals surface area contributed by atoms with Gasteiger partial charge >= 0.3 is 12.4 Å². The molecule has 0 unspecified atom stereocenters. The molecule has 0 N–H and O–H groups in total. The second-order valence-corrected chi connectivity index (χ2v) is 10.7. The molecule has 7 nitrogen and oxygen atoms in total. The molecule has 4 rings (SSSR count). The number of rotatable bonds is 6. The largest absolute Gasteiger partial charge is 0.456 e. The van der Waals surface area contributed by atoms with Gasteiger partial charge in [0.15, 0.2) is 0 Å². The van der Waals surface area contributed by atoms with E-state index in [-0.39, 0.29) is 52.3 Å². The van der Waals surface area contributed by atoms with Crippen molar-refractivity contribution in [3.05, 3.63) is 111 Å². The van der Waals surface area contributed by atoms with Crippen molar-refractivity contribution >= 4 is 56.6 Å². The van der Waals surface area contributed by atoms with E-state index >= 15 is 0 Å². The monoisotopic (exact) mass is 800 g/mol. The summed E-state index contributed by atoms with van der Waals surface area (Å²) < 4.78 is 85.6. The summed E-state index contributed by atoms with van der Waals surface area (Å²) >= 11 is 3.31. The average Bonchev–Trinajstić information content (AvgIpc) is 2.88. The van der Waals surface area contributed by atoms with Crippen molar-refractivity contribution in [3.63, 3.8) is 0 Å². The van der Waals surface area contributed by atoms with E-state index in [9.17, 15) is 46.6 Å². The zero-order valence-electron chi connectivity index (χ0n) is 19.9. The van der Waals surface area contributed by atoms with E-state index in [2.05, 4.69) is 0 Å². The fourth-order valence-electron chi connectivity index (χ4n) is 3.80. The smallest absolute Gasteiger partial charge is 0.416 e. The second kappa shape index (κ2) is 11.4. The number of hydrogen-bond acceptors (Lipinski definition) is 5. The summed E-state index contributed by atoms with van der Waals surface area (Å²) in [5.74, 6) is -0.101. The summed E-state index contributed by atoms with van der Waals surface area (Å²) in [6.45, 7) is 0. The number of nitro groups is 2. The first-order chi connectivity index (χ1) is 19.1. The first kappa shape index (κ1) is 30.5. The fraction of sp³-hybridized carbons (Fsp3) is 0.0769. The number of non-ortho nitro benzene ring substituents is 2. The number of halogens is 8. The maximum Gasteiger partial charge on any atom is 0.416 e. The molecule has 0 aliphatic heterocycles. The van der Waals surface area contributed by atoms with E-state index in [1.807, 2.05) is 0 Å².